The Morgan fingerprint density at radius 1 is 0.939 bits per heavy atom. The molecule has 0 spiro atoms. The van der Waals surface area contributed by atoms with Crippen molar-refractivity contribution in [2.24, 2.45) is 0 Å². The van der Waals surface area contributed by atoms with E-state index in [-0.39, 0.29) is 17.9 Å². The highest BCUT2D eigenvalue weighted by Gasteiger charge is 2.32. The first kappa shape index (κ1) is 22.7. The van der Waals surface area contributed by atoms with E-state index in [2.05, 4.69) is 5.32 Å². The van der Waals surface area contributed by atoms with E-state index in [1.165, 1.54) is 0 Å². The molecular weight excluding hydrogens is 414 g/mol. The average Bonchev–Trinajstić information content (AvgIpc) is 2.99. The molecule has 1 atom stereocenters. The van der Waals surface area contributed by atoms with E-state index in [9.17, 15) is 14.8 Å². The van der Waals surface area contributed by atoms with Gasteiger partial charge in [-0.05, 0) is 55.8 Å². The summed E-state index contributed by atoms with van der Waals surface area (Å²) in [6.07, 6.45) is 1.47. The molecule has 0 aliphatic carbocycles. The number of anilines is 2. The number of carbonyl (C=O) groups excluding carboxylic acids is 2. The van der Waals surface area contributed by atoms with E-state index < -0.39 is 4.65 Å². The summed E-state index contributed by atoms with van der Waals surface area (Å²) in [5, 5.41) is 15.6. The molecule has 1 N–H and O–H groups in total. The summed E-state index contributed by atoms with van der Waals surface area (Å²) in [5.74, 6) is -0.310. The predicted octanol–water partition coefficient (Wildman–Crippen LogP) is 5.30. The maximum atomic E-state index is 13.4. The van der Waals surface area contributed by atoms with Crippen LogP contribution in [-0.4, -0.2) is 37.1 Å². The van der Waals surface area contributed by atoms with Crippen LogP contribution in [0.2, 0.25) is 0 Å². The lowest BCUT2D eigenvalue weighted by Crippen LogP contribution is -2.37. The van der Waals surface area contributed by atoms with Gasteiger partial charge in [-0.2, -0.15) is 0 Å². The summed E-state index contributed by atoms with van der Waals surface area (Å²) in [4.78, 5) is 27.6. The number of amides is 2. The van der Waals surface area contributed by atoms with Gasteiger partial charge in [-0.3, -0.25) is 9.59 Å². The van der Waals surface area contributed by atoms with Gasteiger partial charge in [-0.15, -0.1) is 0 Å². The molecule has 0 bridgehead atoms. The molecule has 1 aliphatic heterocycles. The second kappa shape index (κ2) is 9.17. The zero-order valence-electron chi connectivity index (χ0n) is 19.2. The van der Waals surface area contributed by atoms with Crippen molar-refractivity contribution in [2.75, 3.05) is 30.9 Å². The molecule has 0 radical (unpaired) electrons. The molecule has 3 aromatic rings. The largest absolute Gasteiger partial charge is 0.633 e. The molecule has 3 aromatic carbocycles. The third-order valence-corrected chi connectivity index (χ3v) is 6.15. The first-order valence-electron chi connectivity index (χ1n) is 11.2. The van der Waals surface area contributed by atoms with Crippen LogP contribution in [0, 0.1) is 12.1 Å². The fraction of sp³-hybridized carbons (Fsp3) is 0.259. The molecule has 4 rings (SSSR count). The molecular formula is C27H29N3O3. The van der Waals surface area contributed by atoms with Crippen LogP contribution in [0.5, 0.6) is 0 Å². The quantitative estimate of drug-likeness (QED) is 0.439. The third kappa shape index (κ3) is 4.97. The number of nitrogens with zero attached hydrogens (tertiary/aromatic N) is 2. The summed E-state index contributed by atoms with van der Waals surface area (Å²) in [6, 6.07) is 21.8. The van der Waals surface area contributed by atoms with Crippen molar-refractivity contribution in [3.8, 4) is 0 Å². The Kier molecular flexibility index (Phi) is 6.31. The number of benzene rings is 3. The minimum atomic E-state index is -0.422. The number of fused-ring (bicyclic) bond motifs is 1. The SMILES string of the molecule is Cc1ccc(C(=O)Nc2ccc(C(=O)N3CCCC([N+](C)(C)[O-])c4ccccc43)cc2)cc1. The van der Waals surface area contributed by atoms with Crippen molar-refractivity contribution < 1.29 is 14.2 Å². The fourth-order valence-electron chi connectivity index (χ4n) is 4.35. The van der Waals surface area contributed by atoms with Crippen LogP contribution in [0.4, 0.5) is 11.4 Å². The monoisotopic (exact) mass is 443 g/mol. The average molecular weight is 444 g/mol. The van der Waals surface area contributed by atoms with E-state index >= 15 is 0 Å². The summed E-state index contributed by atoms with van der Waals surface area (Å²) in [5.41, 5.74) is 4.53. The van der Waals surface area contributed by atoms with Gasteiger partial charge in [0.05, 0.1) is 19.8 Å². The highest BCUT2D eigenvalue weighted by atomic mass is 16.5. The third-order valence-electron chi connectivity index (χ3n) is 6.15. The van der Waals surface area contributed by atoms with Gasteiger partial charge in [0.25, 0.3) is 11.8 Å². The lowest BCUT2D eigenvalue weighted by Gasteiger charge is -2.42. The number of aryl methyl sites for hydroxylation is 1. The van der Waals surface area contributed by atoms with E-state index in [1.54, 1.807) is 55.4 Å². The zero-order valence-corrected chi connectivity index (χ0v) is 19.2. The number of para-hydroxylation sites is 1. The Morgan fingerprint density at radius 2 is 1.58 bits per heavy atom. The van der Waals surface area contributed by atoms with Crippen LogP contribution in [-0.2, 0) is 0 Å². The lowest BCUT2D eigenvalue weighted by molar-refractivity contribution is -0.873. The molecule has 0 saturated carbocycles. The van der Waals surface area contributed by atoms with Crippen LogP contribution in [0.15, 0.2) is 72.8 Å². The van der Waals surface area contributed by atoms with E-state index in [0.29, 0.717) is 23.4 Å². The van der Waals surface area contributed by atoms with E-state index in [1.807, 2.05) is 43.3 Å². The van der Waals surface area contributed by atoms with Crippen LogP contribution < -0.4 is 10.2 Å². The topological polar surface area (TPSA) is 72.5 Å². The Hall–Kier alpha value is -3.48. The molecule has 1 heterocycles. The van der Waals surface area contributed by atoms with E-state index in [0.717, 1.165) is 29.7 Å². The smallest absolute Gasteiger partial charge is 0.258 e. The van der Waals surface area contributed by atoms with Crippen LogP contribution in [0.1, 0.15) is 50.7 Å². The number of hydrogen-bond donors (Lipinski definition) is 1. The molecule has 0 saturated heterocycles. The number of hydrogen-bond acceptors (Lipinski definition) is 3. The van der Waals surface area contributed by atoms with Crippen molar-refractivity contribution in [1.82, 2.24) is 0 Å². The van der Waals surface area contributed by atoms with Gasteiger partial charge in [-0.25, -0.2) is 0 Å². The maximum Gasteiger partial charge on any atom is 0.258 e. The van der Waals surface area contributed by atoms with Gasteiger partial charge in [0.1, 0.15) is 6.04 Å². The molecule has 170 valence electrons. The standard InChI is InChI=1S/C27H29N3O3/c1-19-10-12-20(13-11-19)26(31)28-22-16-14-21(15-17-22)27(32)29-18-6-9-25(30(2,3)33)23-7-4-5-8-24(23)29/h4-5,7-8,10-17,25H,6,9,18H2,1-3H3,(H,28,31). The molecule has 2 amide bonds. The minimum absolute atomic E-state index is 0.115. The first-order valence-corrected chi connectivity index (χ1v) is 11.2. The molecule has 1 unspecified atom stereocenters. The van der Waals surface area contributed by atoms with Gasteiger partial charge in [0.2, 0.25) is 0 Å². The molecule has 6 heteroatoms. The van der Waals surface area contributed by atoms with Crippen molar-refractivity contribution in [1.29, 1.82) is 0 Å². The normalized spacial score (nSPS) is 16.0. The summed E-state index contributed by atoms with van der Waals surface area (Å²) >= 11 is 0. The highest BCUT2D eigenvalue weighted by Crippen LogP contribution is 2.38. The van der Waals surface area contributed by atoms with Gasteiger partial charge in [0.15, 0.2) is 0 Å². The molecule has 1 aliphatic rings. The van der Waals surface area contributed by atoms with Crippen molar-refractivity contribution in [3.63, 3.8) is 0 Å². The summed E-state index contributed by atoms with van der Waals surface area (Å²) < 4.78 is -0.422. The zero-order chi connectivity index (χ0) is 23.6. The summed E-state index contributed by atoms with van der Waals surface area (Å²) in [7, 11) is 3.31. The van der Waals surface area contributed by atoms with Crippen molar-refractivity contribution >= 4 is 23.2 Å². The molecule has 33 heavy (non-hydrogen) atoms. The molecule has 0 fully saturated rings. The number of nitrogens with one attached hydrogen (secondary N) is 1. The number of quaternary nitrogens is 1. The second-order valence-corrected chi connectivity index (χ2v) is 9.01. The highest BCUT2D eigenvalue weighted by molar-refractivity contribution is 6.07. The van der Waals surface area contributed by atoms with Gasteiger partial charge in [-0.1, -0.05) is 35.9 Å². The number of rotatable bonds is 4. The molecule has 0 aromatic heterocycles. The van der Waals surface area contributed by atoms with Gasteiger partial charge in [0, 0.05) is 35.3 Å². The minimum Gasteiger partial charge on any atom is -0.633 e. The van der Waals surface area contributed by atoms with Crippen LogP contribution in [0.3, 0.4) is 0 Å². The first-order chi connectivity index (χ1) is 15.7. The van der Waals surface area contributed by atoms with E-state index in [4.69, 9.17) is 0 Å². The van der Waals surface area contributed by atoms with Crippen molar-refractivity contribution in [2.45, 2.75) is 25.8 Å². The Balaban J connectivity index is 1.54. The summed E-state index contributed by atoms with van der Waals surface area (Å²) in [6.45, 7) is 2.53. The van der Waals surface area contributed by atoms with Gasteiger partial charge < -0.3 is 20.1 Å². The van der Waals surface area contributed by atoms with Crippen molar-refractivity contribution in [3.05, 3.63) is 100 Å². The number of carbonyl (C=O) groups is 2. The fourth-order valence-corrected chi connectivity index (χ4v) is 4.35. The van der Waals surface area contributed by atoms with Gasteiger partial charge >= 0.3 is 0 Å². The number of hydroxylamine groups is 3. The second-order valence-electron chi connectivity index (χ2n) is 9.01. The Labute approximate surface area is 194 Å². The molecule has 6 nitrogen and oxygen atoms in total. The Bertz CT molecular complexity index is 1150. The maximum absolute atomic E-state index is 13.4. The predicted molar refractivity (Wildman–Crippen MR) is 131 cm³/mol. The Morgan fingerprint density at radius 3 is 2.24 bits per heavy atom. The van der Waals surface area contributed by atoms with Crippen LogP contribution >= 0.6 is 0 Å². The lowest BCUT2D eigenvalue weighted by atomic mass is 10.0. The van der Waals surface area contributed by atoms with Crippen LogP contribution in [0.25, 0.3) is 0 Å².